The van der Waals surface area contributed by atoms with Crippen molar-refractivity contribution in [3.05, 3.63) is 58.6 Å². The Balaban J connectivity index is 2.22. The molecule has 1 nitrogen and oxygen atoms in total. The van der Waals surface area contributed by atoms with Crippen LogP contribution in [0.2, 0.25) is 0 Å². The highest BCUT2D eigenvalue weighted by molar-refractivity contribution is 9.10. The van der Waals surface area contributed by atoms with Crippen LogP contribution in [0.1, 0.15) is 12.5 Å². The van der Waals surface area contributed by atoms with Crippen LogP contribution in [0.4, 0.5) is 11.4 Å². The van der Waals surface area contributed by atoms with Crippen molar-refractivity contribution in [2.24, 2.45) is 0 Å². The monoisotopic (exact) mass is 275 g/mol. The van der Waals surface area contributed by atoms with Crippen molar-refractivity contribution in [2.45, 2.75) is 13.3 Å². The molecule has 16 heavy (non-hydrogen) atoms. The Kier molecular flexibility index (Phi) is 3.62. The topological polar surface area (TPSA) is 12.0 Å². The van der Waals surface area contributed by atoms with E-state index in [9.17, 15) is 0 Å². The molecular formula is C14H14BrN. The van der Waals surface area contributed by atoms with E-state index in [2.05, 4.69) is 58.5 Å². The summed E-state index contributed by atoms with van der Waals surface area (Å²) >= 11 is 3.58. The quantitative estimate of drug-likeness (QED) is 0.852. The average Bonchev–Trinajstić information content (AvgIpc) is 2.33. The number of anilines is 2. The highest BCUT2D eigenvalue weighted by atomic mass is 79.9. The first-order valence-corrected chi connectivity index (χ1v) is 6.19. The van der Waals surface area contributed by atoms with Gasteiger partial charge in [-0.3, -0.25) is 0 Å². The molecule has 2 aromatic carbocycles. The van der Waals surface area contributed by atoms with Crippen molar-refractivity contribution in [3.63, 3.8) is 0 Å². The number of rotatable bonds is 3. The molecule has 0 atom stereocenters. The Bertz CT molecular complexity index is 465. The number of halogens is 1. The van der Waals surface area contributed by atoms with Gasteiger partial charge in [-0.25, -0.2) is 0 Å². The maximum absolute atomic E-state index is 3.58. The minimum atomic E-state index is 1.06. The summed E-state index contributed by atoms with van der Waals surface area (Å²) in [6.45, 7) is 2.16. The lowest BCUT2D eigenvalue weighted by Crippen LogP contribution is -1.91. The van der Waals surface area contributed by atoms with Crippen LogP contribution < -0.4 is 5.32 Å². The molecule has 0 saturated heterocycles. The maximum atomic E-state index is 3.58. The first-order valence-electron chi connectivity index (χ1n) is 5.40. The maximum Gasteiger partial charge on any atom is 0.0528 e. The Morgan fingerprint density at radius 2 is 1.81 bits per heavy atom. The van der Waals surface area contributed by atoms with Gasteiger partial charge in [0.05, 0.1) is 5.69 Å². The van der Waals surface area contributed by atoms with E-state index in [-0.39, 0.29) is 0 Å². The van der Waals surface area contributed by atoms with Crippen LogP contribution in [0.3, 0.4) is 0 Å². The standard InChI is InChI=1S/C14H14BrN/c1-2-11-8-9-14(13(15)10-11)16-12-6-4-3-5-7-12/h3-10,16H,2H2,1H3. The van der Waals surface area contributed by atoms with Gasteiger partial charge in [-0.1, -0.05) is 31.2 Å². The molecule has 0 aromatic heterocycles. The number of aryl methyl sites for hydroxylation is 1. The largest absolute Gasteiger partial charge is 0.355 e. The predicted octanol–water partition coefficient (Wildman–Crippen LogP) is 4.76. The highest BCUT2D eigenvalue weighted by Gasteiger charge is 2.00. The first kappa shape index (κ1) is 11.2. The second-order valence-corrected chi connectivity index (χ2v) is 4.51. The van der Waals surface area contributed by atoms with Crippen LogP contribution in [0.5, 0.6) is 0 Å². The van der Waals surface area contributed by atoms with Gasteiger partial charge >= 0.3 is 0 Å². The third-order valence-electron chi connectivity index (χ3n) is 2.49. The van der Waals surface area contributed by atoms with Gasteiger partial charge in [-0.15, -0.1) is 0 Å². The molecule has 2 aromatic rings. The molecule has 0 radical (unpaired) electrons. The SMILES string of the molecule is CCc1ccc(Nc2ccccc2)c(Br)c1. The van der Waals surface area contributed by atoms with E-state index in [0.717, 1.165) is 22.3 Å². The normalized spacial score (nSPS) is 10.1. The van der Waals surface area contributed by atoms with E-state index in [1.165, 1.54) is 5.56 Å². The molecule has 0 aliphatic heterocycles. The number of hydrogen-bond donors (Lipinski definition) is 1. The van der Waals surface area contributed by atoms with Gasteiger partial charge in [0.2, 0.25) is 0 Å². The van der Waals surface area contributed by atoms with Gasteiger partial charge in [0.25, 0.3) is 0 Å². The summed E-state index contributed by atoms with van der Waals surface area (Å²) in [5.74, 6) is 0. The lowest BCUT2D eigenvalue weighted by Gasteiger charge is -2.09. The minimum absolute atomic E-state index is 1.06. The summed E-state index contributed by atoms with van der Waals surface area (Å²) in [7, 11) is 0. The fourth-order valence-corrected chi connectivity index (χ4v) is 2.08. The average molecular weight is 276 g/mol. The van der Waals surface area contributed by atoms with Gasteiger partial charge in [0, 0.05) is 10.2 Å². The zero-order valence-electron chi connectivity index (χ0n) is 9.20. The zero-order chi connectivity index (χ0) is 11.4. The van der Waals surface area contributed by atoms with E-state index in [0.29, 0.717) is 0 Å². The number of para-hydroxylation sites is 1. The molecule has 0 aliphatic carbocycles. The fraction of sp³-hybridized carbons (Fsp3) is 0.143. The smallest absolute Gasteiger partial charge is 0.0528 e. The summed E-state index contributed by atoms with van der Waals surface area (Å²) in [5, 5.41) is 3.38. The third kappa shape index (κ3) is 2.64. The molecule has 1 N–H and O–H groups in total. The summed E-state index contributed by atoms with van der Waals surface area (Å²) in [6, 6.07) is 16.6. The molecule has 0 saturated carbocycles. The fourth-order valence-electron chi connectivity index (χ4n) is 1.56. The molecule has 0 unspecified atom stereocenters. The molecule has 0 fully saturated rings. The van der Waals surface area contributed by atoms with Crippen LogP contribution >= 0.6 is 15.9 Å². The molecule has 0 heterocycles. The summed E-state index contributed by atoms with van der Waals surface area (Å²) < 4.78 is 1.11. The van der Waals surface area contributed by atoms with Crippen molar-refractivity contribution in [3.8, 4) is 0 Å². The molecule has 0 amide bonds. The Hall–Kier alpha value is -1.28. The van der Waals surface area contributed by atoms with Gasteiger partial charge < -0.3 is 5.32 Å². The van der Waals surface area contributed by atoms with Crippen LogP contribution in [-0.2, 0) is 6.42 Å². The Labute approximate surface area is 105 Å². The lowest BCUT2D eigenvalue weighted by atomic mass is 10.1. The number of nitrogens with one attached hydrogen (secondary N) is 1. The van der Waals surface area contributed by atoms with E-state index >= 15 is 0 Å². The van der Waals surface area contributed by atoms with Crippen LogP contribution in [0.25, 0.3) is 0 Å². The number of hydrogen-bond acceptors (Lipinski definition) is 1. The second-order valence-electron chi connectivity index (χ2n) is 3.66. The first-order chi connectivity index (χ1) is 7.79. The van der Waals surface area contributed by atoms with Crippen molar-refractivity contribution in [2.75, 3.05) is 5.32 Å². The zero-order valence-corrected chi connectivity index (χ0v) is 10.8. The summed E-state index contributed by atoms with van der Waals surface area (Å²) in [6.07, 6.45) is 1.06. The summed E-state index contributed by atoms with van der Waals surface area (Å²) in [4.78, 5) is 0. The molecule has 0 aliphatic rings. The highest BCUT2D eigenvalue weighted by Crippen LogP contribution is 2.26. The van der Waals surface area contributed by atoms with Crippen molar-refractivity contribution >= 4 is 27.3 Å². The van der Waals surface area contributed by atoms with Gasteiger partial charge in [-0.05, 0) is 52.2 Å². The molecular weight excluding hydrogens is 262 g/mol. The van der Waals surface area contributed by atoms with Crippen molar-refractivity contribution in [1.29, 1.82) is 0 Å². The van der Waals surface area contributed by atoms with Crippen LogP contribution in [-0.4, -0.2) is 0 Å². The van der Waals surface area contributed by atoms with Gasteiger partial charge in [-0.2, -0.15) is 0 Å². The van der Waals surface area contributed by atoms with Crippen molar-refractivity contribution in [1.82, 2.24) is 0 Å². The van der Waals surface area contributed by atoms with Gasteiger partial charge in [0.15, 0.2) is 0 Å². The minimum Gasteiger partial charge on any atom is -0.355 e. The summed E-state index contributed by atoms with van der Waals surface area (Å²) in [5.41, 5.74) is 3.54. The van der Waals surface area contributed by atoms with E-state index < -0.39 is 0 Å². The molecule has 82 valence electrons. The molecule has 2 rings (SSSR count). The van der Waals surface area contributed by atoms with E-state index in [1.54, 1.807) is 0 Å². The molecule has 0 spiro atoms. The van der Waals surface area contributed by atoms with E-state index in [4.69, 9.17) is 0 Å². The van der Waals surface area contributed by atoms with Crippen LogP contribution in [0.15, 0.2) is 53.0 Å². The lowest BCUT2D eigenvalue weighted by molar-refractivity contribution is 1.14. The third-order valence-corrected chi connectivity index (χ3v) is 3.15. The number of benzene rings is 2. The molecule has 0 bridgehead atoms. The second kappa shape index (κ2) is 5.17. The van der Waals surface area contributed by atoms with E-state index in [1.807, 2.05) is 18.2 Å². The van der Waals surface area contributed by atoms with Crippen LogP contribution in [0, 0.1) is 0 Å². The predicted molar refractivity (Wildman–Crippen MR) is 73.2 cm³/mol. The van der Waals surface area contributed by atoms with Crippen molar-refractivity contribution < 1.29 is 0 Å². The van der Waals surface area contributed by atoms with Gasteiger partial charge in [0.1, 0.15) is 0 Å². The molecule has 2 heteroatoms. The Morgan fingerprint density at radius 1 is 1.06 bits per heavy atom. The Morgan fingerprint density at radius 3 is 2.44 bits per heavy atom.